The van der Waals surface area contributed by atoms with Crippen LogP contribution in [0.1, 0.15) is 43.6 Å². The van der Waals surface area contributed by atoms with Crippen LogP contribution in [0.3, 0.4) is 0 Å². The third kappa shape index (κ3) is 1.86. The molecule has 2 aromatic heterocycles. The van der Waals surface area contributed by atoms with Crippen molar-refractivity contribution in [3.05, 3.63) is 41.6 Å². The van der Waals surface area contributed by atoms with Gasteiger partial charge in [0, 0.05) is 6.20 Å². The Bertz CT molecular complexity index is 594. The zero-order valence-corrected chi connectivity index (χ0v) is 10.7. The van der Waals surface area contributed by atoms with Gasteiger partial charge in [0.2, 0.25) is 0 Å². The second kappa shape index (κ2) is 3.99. The zero-order valence-electron chi connectivity index (χ0n) is 10.7. The molecule has 0 aliphatic heterocycles. The van der Waals surface area contributed by atoms with Gasteiger partial charge in [-0.2, -0.15) is 0 Å². The Hall–Kier alpha value is -1.64. The summed E-state index contributed by atoms with van der Waals surface area (Å²) < 4.78 is 15.8. The lowest BCUT2D eigenvalue weighted by Gasteiger charge is -2.08. The molecule has 0 bridgehead atoms. The Morgan fingerprint density at radius 2 is 2.12 bits per heavy atom. The third-order valence-electron chi connectivity index (χ3n) is 2.94. The summed E-state index contributed by atoms with van der Waals surface area (Å²) in [6, 6.07) is 1.56. The molecule has 0 aromatic carbocycles. The highest BCUT2D eigenvalue weighted by Gasteiger charge is 2.14. The Kier molecular flexibility index (Phi) is 2.77. The van der Waals surface area contributed by atoms with Gasteiger partial charge < -0.3 is 0 Å². The summed E-state index contributed by atoms with van der Waals surface area (Å²) in [5.41, 5.74) is 3.97. The molecule has 0 unspecified atom stereocenters. The number of allylic oxidation sites excluding steroid dienone is 1. The van der Waals surface area contributed by atoms with E-state index in [9.17, 15) is 4.39 Å². The second-order valence-corrected chi connectivity index (χ2v) is 4.80. The molecular weight excluding hydrogens is 215 g/mol. The van der Waals surface area contributed by atoms with Crippen molar-refractivity contribution < 1.29 is 4.39 Å². The van der Waals surface area contributed by atoms with Gasteiger partial charge in [0.15, 0.2) is 11.5 Å². The van der Waals surface area contributed by atoms with Gasteiger partial charge in [-0.1, -0.05) is 20.4 Å². The summed E-state index contributed by atoms with van der Waals surface area (Å²) >= 11 is 0. The van der Waals surface area contributed by atoms with Crippen LogP contribution in [-0.4, -0.2) is 9.38 Å². The van der Waals surface area contributed by atoms with Crippen molar-refractivity contribution in [1.29, 1.82) is 0 Å². The maximum Gasteiger partial charge on any atom is 0.173 e. The van der Waals surface area contributed by atoms with Crippen molar-refractivity contribution in [3.8, 4) is 0 Å². The van der Waals surface area contributed by atoms with Crippen LogP contribution in [0.4, 0.5) is 4.39 Å². The van der Waals surface area contributed by atoms with E-state index >= 15 is 0 Å². The summed E-state index contributed by atoms with van der Waals surface area (Å²) in [5, 5.41) is 0. The molecule has 0 fully saturated rings. The average molecular weight is 232 g/mol. The molecule has 90 valence electrons. The Morgan fingerprint density at radius 1 is 1.47 bits per heavy atom. The van der Waals surface area contributed by atoms with Gasteiger partial charge in [0.1, 0.15) is 0 Å². The second-order valence-electron chi connectivity index (χ2n) is 4.80. The predicted molar refractivity (Wildman–Crippen MR) is 68.7 cm³/mol. The molecule has 2 heterocycles. The number of hydrogen-bond acceptors (Lipinski definition) is 1. The Balaban J connectivity index is 2.84. The monoisotopic (exact) mass is 232 g/mol. The van der Waals surface area contributed by atoms with E-state index in [1.807, 2.05) is 38.3 Å². The summed E-state index contributed by atoms with van der Waals surface area (Å²) in [5.74, 6) is 0.0152. The van der Waals surface area contributed by atoms with E-state index < -0.39 is 0 Å². The number of halogens is 1. The average Bonchev–Trinajstić information content (AvgIpc) is 2.54. The molecule has 0 aliphatic rings. The van der Waals surface area contributed by atoms with Crippen LogP contribution in [0.15, 0.2) is 18.8 Å². The first-order chi connectivity index (χ1) is 7.91. The van der Waals surface area contributed by atoms with E-state index in [1.165, 1.54) is 0 Å². The highest BCUT2D eigenvalue weighted by Crippen LogP contribution is 2.24. The van der Waals surface area contributed by atoms with Gasteiger partial charge in [-0.05, 0) is 37.0 Å². The summed E-state index contributed by atoms with van der Waals surface area (Å²) in [6.45, 7) is 11.8. The highest BCUT2D eigenvalue weighted by molar-refractivity contribution is 5.65. The third-order valence-corrected chi connectivity index (χ3v) is 2.94. The fourth-order valence-electron chi connectivity index (χ4n) is 2.07. The summed E-state index contributed by atoms with van der Waals surface area (Å²) in [7, 11) is 0. The topological polar surface area (TPSA) is 17.3 Å². The molecule has 0 N–H and O–H groups in total. The van der Waals surface area contributed by atoms with Crippen LogP contribution in [0.5, 0.6) is 0 Å². The van der Waals surface area contributed by atoms with E-state index in [0.29, 0.717) is 5.65 Å². The van der Waals surface area contributed by atoms with Crippen LogP contribution in [0.25, 0.3) is 11.2 Å². The predicted octanol–water partition coefficient (Wildman–Crippen LogP) is 3.94. The molecule has 2 nitrogen and oxygen atoms in total. The molecule has 0 saturated carbocycles. The van der Waals surface area contributed by atoms with Gasteiger partial charge in [-0.25, -0.2) is 9.37 Å². The van der Waals surface area contributed by atoms with Crippen LogP contribution in [-0.2, 0) is 0 Å². The number of aromatic nitrogens is 2. The summed E-state index contributed by atoms with van der Waals surface area (Å²) in [4.78, 5) is 4.26. The fourth-order valence-corrected chi connectivity index (χ4v) is 2.07. The van der Waals surface area contributed by atoms with Crippen LogP contribution >= 0.6 is 0 Å². The standard InChI is InChI=1S/C14H17FN2/c1-8(2)11-6-12(15)14-16-10(5)13(9(3)4)17(14)7-11/h6-8H,3H2,1-2,4-5H3. The molecule has 17 heavy (non-hydrogen) atoms. The molecule has 2 rings (SSSR count). The minimum Gasteiger partial charge on any atom is -0.297 e. The molecule has 0 spiro atoms. The van der Waals surface area contributed by atoms with E-state index in [4.69, 9.17) is 0 Å². The van der Waals surface area contributed by atoms with Gasteiger partial charge in [0.05, 0.1) is 11.4 Å². The summed E-state index contributed by atoms with van der Waals surface area (Å²) in [6.07, 6.45) is 1.95. The van der Waals surface area contributed by atoms with Crippen molar-refractivity contribution in [3.63, 3.8) is 0 Å². The molecule has 3 heteroatoms. The molecule has 2 aromatic rings. The fraction of sp³-hybridized carbons (Fsp3) is 0.357. The number of imidazole rings is 1. The van der Waals surface area contributed by atoms with E-state index in [2.05, 4.69) is 11.6 Å². The maximum atomic E-state index is 14.0. The molecule has 0 saturated heterocycles. The van der Waals surface area contributed by atoms with Crippen LogP contribution in [0.2, 0.25) is 0 Å². The normalized spacial score (nSPS) is 11.4. The van der Waals surface area contributed by atoms with Crippen molar-refractivity contribution in [1.82, 2.24) is 9.38 Å². The van der Waals surface area contributed by atoms with Gasteiger partial charge >= 0.3 is 0 Å². The first kappa shape index (κ1) is 11.8. The largest absolute Gasteiger partial charge is 0.297 e. The minimum absolute atomic E-state index is 0.271. The quantitative estimate of drug-likeness (QED) is 0.766. The SMILES string of the molecule is C=C(C)c1c(C)nc2c(F)cc(C(C)C)cn12. The van der Waals surface area contributed by atoms with Crippen molar-refractivity contribution in [2.75, 3.05) is 0 Å². The number of hydrogen-bond donors (Lipinski definition) is 0. The van der Waals surface area contributed by atoms with E-state index in [1.54, 1.807) is 6.07 Å². The van der Waals surface area contributed by atoms with Crippen molar-refractivity contribution in [2.24, 2.45) is 0 Å². The first-order valence-corrected chi connectivity index (χ1v) is 5.75. The zero-order chi connectivity index (χ0) is 12.7. The first-order valence-electron chi connectivity index (χ1n) is 5.75. The van der Waals surface area contributed by atoms with E-state index in [-0.39, 0.29) is 11.7 Å². The number of pyridine rings is 1. The molecule has 0 atom stereocenters. The Labute approximate surface area is 101 Å². The van der Waals surface area contributed by atoms with Crippen LogP contribution < -0.4 is 0 Å². The number of nitrogens with zero attached hydrogens (tertiary/aromatic N) is 2. The van der Waals surface area contributed by atoms with Gasteiger partial charge in [-0.3, -0.25) is 4.40 Å². The lowest BCUT2D eigenvalue weighted by Crippen LogP contribution is -1.98. The lowest BCUT2D eigenvalue weighted by molar-refractivity contribution is 0.624. The number of rotatable bonds is 2. The molecule has 0 amide bonds. The minimum atomic E-state index is -0.271. The number of fused-ring (bicyclic) bond motifs is 1. The van der Waals surface area contributed by atoms with E-state index in [0.717, 1.165) is 22.5 Å². The molecule has 0 radical (unpaired) electrons. The molecule has 0 aliphatic carbocycles. The smallest absolute Gasteiger partial charge is 0.173 e. The van der Waals surface area contributed by atoms with Crippen molar-refractivity contribution in [2.45, 2.75) is 33.6 Å². The lowest BCUT2D eigenvalue weighted by atomic mass is 10.1. The number of aryl methyl sites for hydroxylation is 1. The Morgan fingerprint density at radius 3 is 2.65 bits per heavy atom. The van der Waals surface area contributed by atoms with Gasteiger partial charge in [0.25, 0.3) is 0 Å². The highest BCUT2D eigenvalue weighted by atomic mass is 19.1. The maximum absolute atomic E-state index is 14.0. The van der Waals surface area contributed by atoms with Gasteiger partial charge in [-0.15, -0.1) is 0 Å². The molecular formula is C14H17FN2. The van der Waals surface area contributed by atoms with Crippen molar-refractivity contribution >= 4 is 11.2 Å². The van der Waals surface area contributed by atoms with Crippen LogP contribution in [0, 0.1) is 12.7 Å².